The van der Waals surface area contributed by atoms with Crippen LogP contribution in [0.25, 0.3) is 6.08 Å². The number of pyridine rings is 1. The molecule has 1 aliphatic carbocycles. The molecule has 0 unspecified atom stereocenters. The lowest BCUT2D eigenvalue weighted by atomic mass is 10.1. The number of hydrogen-bond donors (Lipinski definition) is 1. The third kappa shape index (κ3) is 3.16. The van der Waals surface area contributed by atoms with Crippen molar-refractivity contribution < 1.29 is 4.79 Å². The Kier molecular flexibility index (Phi) is 3.98. The van der Waals surface area contributed by atoms with Crippen LogP contribution in [0.15, 0.2) is 36.2 Å². The molecule has 1 fully saturated rings. The van der Waals surface area contributed by atoms with Gasteiger partial charge in [-0.15, -0.1) is 0 Å². The predicted molar refractivity (Wildman–Crippen MR) is 88.6 cm³/mol. The maximum Gasteiger partial charge on any atom is 0.266 e. The summed E-state index contributed by atoms with van der Waals surface area (Å²) >= 11 is 0. The highest BCUT2D eigenvalue weighted by Crippen LogP contribution is 2.38. The second-order valence-corrected chi connectivity index (χ2v) is 5.79. The second-order valence-electron chi connectivity index (χ2n) is 5.79. The molecule has 0 saturated heterocycles. The molecule has 0 aromatic carbocycles. The third-order valence-electron chi connectivity index (χ3n) is 4.04. The molecule has 1 aliphatic rings. The van der Waals surface area contributed by atoms with Crippen LogP contribution in [0.4, 0.5) is 5.69 Å². The van der Waals surface area contributed by atoms with E-state index in [1.807, 2.05) is 19.1 Å². The molecule has 116 valence electrons. The standard InChI is InChI=1S/C18H18N4O/c1-12-9-14(13(2)22(12)17-3-4-17)10-15(11-19)18(23)21-16-5-7-20-8-6-16/h5-10,17H,3-4H2,1-2H3,(H,20,21,23)/b15-10+. The zero-order valence-electron chi connectivity index (χ0n) is 13.2. The van der Waals surface area contributed by atoms with Crippen LogP contribution in [0.1, 0.15) is 35.8 Å². The summed E-state index contributed by atoms with van der Waals surface area (Å²) in [6, 6.07) is 7.98. The molecule has 1 saturated carbocycles. The van der Waals surface area contributed by atoms with E-state index < -0.39 is 5.91 Å². The summed E-state index contributed by atoms with van der Waals surface area (Å²) in [4.78, 5) is 16.2. The molecule has 0 atom stereocenters. The number of nitrogens with one attached hydrogen (secondary N) is 1. The average molecular weight is 306 g/mol. The first-order chi connectivity index (χ1) is 11.1. The van der Waals surface area contributed by atoms with Crippen LogP contribution in [-0.4, -0.2) is 15.5 Å². The van der Waals surface area contributed by atoms with Gasteiger partial charge in [-0.1, -0.05) is 0 Å². The maximum atomic E-state index is 12.3. The number of carbonyl (C=O) groups is 1. The van der Waals surface area contributed by atoms with Crippen molar-refractivity contribution in [2.45, 2.75) is 32.7 Å². The highest BCUT2D eigenvalue weighted by Gasteiger charge is 2.26. The van der Waals surface area contributed by atoms with Crippen LogP contribution in [0, 0.1) is 25.2 Å². The molecule has 2 aromatic rings. The molecule has 2 heterocycles. The summed E-state index contributed by atoms with van der Waals surface area (Å²) in [5, 5.41) is 12.0. The summed E-state index contributed by atoms with van der Waals surface area (Å²) in [5.74, 6) is -0.407. The maximum absolute atomic E-state index is 12.3. The van der Waals surface area contributed by atoms with E-state index in [4.69, 9.17) is 0 Å². The van der Waals surface area contributed by atoms with E-state index in [2.05, 4.69) is 21.8 Å². The lowest BCUT2D eigenvalue weighted by Gasteiger charge is -2.07. The molecule has 1 amide bonds. The lowest BCUT2D eigenvalue weighted by Crippen LogP contribution is -2.13. The molecule has 3 rings (SSSR count). The molecule has 5 nitrogen and oxygen atoms in total. The van der Waals surface area contributed by atoms with Crippen molar-refractivity contribution in [3.05, 3.63) is 53.1 Å². The summed E-state index contributed by atoms with van der Waals surface area (Å²) in [7, 11) is 0. The zero-order valence-corrected chi connectivity index (χ0v) is 13.2. The van der Waals surface area contributed by atoms with Crippen LogP contribution < -0.4 is 5.32 Å². The summed E-state index contributed by atoms with van der Waals surface area (Å²) in [6.07, 6.45) is 7.25. The molecule has 2 aromatic heterocycles. The van der Waals surface area contributed by atoms with Crippen molar-refractivity contribution in [3.63, 3.8) is 0 Å². The Balaban J connectivity index is 1.86. The van der Waals surface area contributed by atoms with Crippen molar-refractivity contribution in [3.8, 4) is 6.07 Å². The number of anilines is 1. The van der Waals surface area contributed by atoms with E-state index >= 15 is 0 Å². The van der Waals surface area contributed by atoms with Gasteiger partial charge in [-0.3, -0.25) is 9.78 Å². The third-order valence-corrected chi connectivity index (χ3v) is 4.04. The average Bonchev–Trinajstić information content (AvgIpc) is 3.32. The summed E-state index contributed by atoms with van der Waals surface area (Å²) < 4.78 is 2.29. The molecule has 0 spiro atoms. The number of hydrogen-bond acceptors (Lipinski definition) is 3. The molecule has 5 heteroatoms. The molecular weight excluding hydrogens is 288 g/mol. The fourth-order valence-corrected chi connectivity index (χ4v) is 2.78. The van der Waals surface area contributed by atoms with Gasteiger partial charge < -0.3 is 9.88 Å². The largest absolute Gasteiger partial charge is 0.346 e. The van der Waals surface area contributed by atoms with Crippen LogP contribution >= 0.6 is 0 Å². The van der Waals surface area contributed by atoms with Crippen molar-refractivity contribution in [2.24, 2.45) is 0 Å². The lowest BCUT2D eigenvalue weighted by molar-refractivity contribution is -0.112. The highest BCUT2D eigenvalue weighted by molar-refractivity contribution is 6.09. The van der Waals surface area contributed by atoms with Crippen molar-refractivity contribution in [2.75, 3.05) is 5.32 Å². The van der Waals surface area contributed by atoms with Crippen LogP contribution in [0.5, 0.6) is 0 Å². The van der Waals surface area contributed by atoms with Gasteiger partial charge in [-0.2, -0.15) is 5.26 Å². The Morgan fingerprint density at radius 2 is 2.09 bits per heavy atom. The first-order valence-electron chi connectivity index (χ1n) is 7.61. The minimum atomic E-state index is -0.407. The number of rotatable bonds is 4. The van der Waals surface area contributed by atoms with E-state index in [1.165, 1.54) is 18.5 Å². The normalized spacial score (nSPS) is 14.4. The van der Waals surface area contributed by atoms with Gasteiger partial charge in [0.25, 0.3) is 5.91 Å². The molecule has 0 bridgehead atoms. The highest BCUT2D eigenvalue weighted by atomic mass is 16.1. The van der Waals surface area contributed by atoms with Crippen LogP contribution in [0.2, 0.25) is 0 Å². The van der Waals surface area contributed by atoms with E-state index in [0.29, 0.717) is 11.7 Å². The van der Waals surface area contributed by atoms with E-state index in [9.17, 15) is 10.1 Å². The molecule has 0 aliphatic heterocycles. The van der Waals surface area contributed by atoms with E-state index in [-0.39, 0.29) is 5.57 Å². The fraction of sp³-hybridized carbons (Fsp3) is 0.278. The number of carbonyl (C=O) groups excluding carboxylic acids is 1. The van der Waals surface area contributed by atoms with Gasteiger partial charge in [0.2, 0.25) is 0 Å². The van der Waals surface area contributed by atoms with Gasteiger partial charge in [-0.05, 0) is 56.5 Å². The minimum Gasteiger partial charge on any atom is -0.346 e. The Morgan fingerprint density at radius 3 is 2.70 bits per heavy atom. The Hall–Kier alpha value is -2.87. The number of amides is 1. The van der Waals surface area contributed by atoms with Gasteiger partial charge in [-0.25, -0.2) is 0 Å². The Labute approximate surface area is 135 Å². The summed E-state index contributed by atoms with van der Waals surface area (Å²) in [6.45, 7) is 4.10. The van der Waals surface area contributed by atoms with Gasteiger partial charge in [0.1, 0.15) is 11.6 Å². The van der Waals surface area contributed by atoms with Gasteiger partial charge in [0.05, 0.1) is 0 Å². The molecule has 0 radical (unpaired) electrons. The van der Waals surface area contributed by atoms with E-state index in [1.54, 1.807) is 30.6 Å². The van der Waals surface area contributed by atoms with E-state index in [0.717, 1.165) is 11.3 Å². The first-order valence-corrected chi connectivity index (χ1v) is 7.61. The van der Waals surface area contributed by atoms with Crippen LogP contribution in [-0.2, 0) is 4.79 Å². The number of nitriles is 1. The minimum absolute atomic E-state index is 0.0952. The summed E-state index contributed by atoms with van der Waals surface area (Å²) in [5.41, 5.74) is 3.92. The number of nitrogens with zero attached hydrogens (tertiary/aromatic N) is 3. The fourth-order valence-electron chi connectivity index (χ4n) is 2.78. The van der Waals surface area contributed by atoms with Crippen molar-refractivity contribution in [1.82, 2.24) is 9.55 Å². The molecule has 1 N–H and O–H groups in total. The molecule has 23 heavy (non-hydrogen) atoms. The SMILES string of the molecule is Cc1cc(/C=C(\C#N)C(=O)Nc2ccncc2)c(C)n1C1CC1. The smallest absolute Gasteiger partial charge is 0.266 e. The van der Waals surface area contributed by atoms with Crippen molar-refractivity contribution >= 4 is 17.7 Å². The van der Waals surface area contributed by atoms with Gasteiger partial charge in [0.15, 0.2) is 0 Å². The van der Waals surface area contributed by atoms with Gasteiger partial charge in [0, 0.05) is 35.5 Å². The monoisotopic (exact) mass is 306 g/mol. The van der Waals surface area contributed by atoms with Crippen LogP contribution in [0.3, 0.4) is 0 Å². The van der Waals surface area contributed by atoms with Gasteiger partial charge >= 0.3 is 0 Å². The molecular formula is C18H18N4O. The topological polar surface area (TPSA) is 70.7 Å². The quantitative estimate of drug-likeness (QED) is 0.695. The number of aryl methyl sites for hydroxylation is 1. The number of aromatic nitrogens is 2. The van der Waals surface area contributed by atoms with Crippen molar-refractivity contribution in [1.29, 1.82) is 5.26 Å². The second kappa shape index (κ2) is 6.09. The Bertz CT molecular complexity index is 808. The predicted octanol–water partition coefficient (Wildman–Crippen LogP) is 3.38. The first kappa shape index (κ1) is 15.0. The Morgan fingerprint density at radius 1 is 1.39 bits per heavy atom. The zero-order chi connectivity index (χ0) is 16.4.